The van der Waals surface area contributed by atoms with Gasteiger partial charge in [0, 0.05) is 12.2 Å². The highest BCUT2D eigenvalue weighted by Gasteiger charge is 2.21. The van der Waals surface area contributed by atoms with Crippen LogP contribution in [0.15, 0.2) is 34.8 Å². The Bertz CT molecular complexity index is 980. The molecule has 0 N–H and O–H groups in total. The molecule has 0 atom stereocenters. The second kappa shape index (κ2) is 11.4. The van der Waals surface area contributed by atoms with Gasteiger partial charge in [-0.05, 0) is 72.1 Å². The van der Waals surface area contributed by atoms with Gasteiger partial charge < -0.3 is 19.1 Å². The molecule has 2 rings (SSSR count). The second-order valence-electron chi connectivity index (χ2n) is 6.80. The van der Waals surface area contributed by atoms with Crippen LogP contribution >= 0.6 is 15.9 Å². The topological polar surface area (TPSA) is 88.9 Å². The van der Waals surface area contributed by atoms with Gasteiger partial charge in [-0.15, -0.1) is 0 Å². The van der Waals surface area contributed by atoms with Crippen molar-refractivity contribution in [1.29, 1.82) is 5.26 Å². The smallest absolute Gasteiger partial charge is 0.338 e. The number of carbonyl (C=O) groups is 2. The van der Waals surface area contributed by atoms with Crippen molar-refractivity contribution in [1.82, 2.24) is 0 Å². The van der Waals surface area contributed by atoms with E-state index in [0.717, 1.165) is 11.1 Å². The summed E-state index contributed by atoms with van der Waals surface area (Å²) >= 11 is 3.37. The number of hydrogen-bond donors (Lipinski definition) is 0. The fraction of sp³-hybridized carbons (Fsp3) is 0.348. The number of nitriles is 1. The van der Waals surface area contributed by atoms with E-state index in [1.165, 1.54) is 18.1 Å². The molecule has 0 fully saturated rings. The van der Waals surface area contributed by atoms with Crippen molar-refractivity contribution >= 4 is 33.5 Å². The van der Waals surface area contributed by atoms with Crippen LogP contribution in [-0.2, 0) is 9.53 Å². The van der Waals surface area contributed by atoms with E-state index in [9.17, 15) is 9.59 Å². The fourth-order valence-electron chi connectivity index (χ4n) is 3.08. The Labute approximate surface area is 190 Å². The van der Waals surface area contributed by atoms with Crippen LogP contribution in [0.3, 0.4) is 0 Å². The van der Waals surface area contributed by atoms with Crippen molar-refractivity contribution < 1.29 is 23.8 Å². The Kier molecular flexibility index (Phi) is 8.88. The lowest BCUT2D eigenvalue weighted by molar-refractivity contribution is -0.121. The standard InChI is InChI=1S/C23H25BrN2O5/c1-5-30-22-19(24)12-17(13-20(22)29-4)23(28)31-14-21(27)26(8-6-7-25)18-10-15(2)9-16(3)11-18/h9-13H,5-6,8,14H2,1-4H3. The van der Waals surface area contributed by atoms with Crippen molar-refractivity contribution in [2.75, 3.05) is 31.8 Å². The minimum atomic E-state index is -0.670. The number of hydrogen-bond acceptors (Lipinski definition) is 6. The summed E-state index contributed by atoms with van der Waals surface area (Å²) in [5.74, 6) is -0.225. The molecule has 164 valence electrons. The maximum Gasteiger partial charge on any atom is 0.338 e. The molecule has 0 bridgehead atoms. The summed E-state index contributed by atoms with van der Waals surface area (Å²) in [5, 5.41) is 8.96. The summed E-state index contributed by atoms with van der Waals surface area (Å²) in [7, 11) is 1.47. The van der Waals surface area contributed by atoms with Crippen LogP contribution < -0.4 is 14.4 Å². The average Bonchev–Trinajstić information content (AvgIpc) is 2.72. The van der Waals surface area contributed by atoms with Crippen molar-refractivity contribution in [3.63, 3.8) is 0 Å². The molecular formula is C23H25BrN2O5. The van der Waals surface area contributed by atoms with Gasteiger partial charge >= 0.3 is 5.97 Å². The van der Waals surface area contributed by atoms with Gasteiger partial charge in [0.15, 0.2) is 18.1 Å². The van der Waals surface area contributed by atoms with Crippen LogP contribution in [0, 0.1) is 25.2 Å². The van der Waals surface area contributed by atoms with E-state index >= 15 is 0 Å². The maximum atomic E-state index is 12.8. The van der Waals surface area contributed by atoms with E-state index < -0.39 is 18.5 Å². The predicted molar refractivity (Wildman–Crippen MR) is 121 cm³/mol. The van der Waals surface area contributed by atoms with Crippen LogP contribution in [0.5, 0.6) is 11.5 Å². The van der Waals surface area contributed by atoms with E-state index in [4.69, 9.17) is 19.5 Å². The third-order valence-electron chi connectivity index (χ3n) is 4.35. The van der Waals surface area contributed by atoms with Gasteiger partial charge in [-0.3, -0.25) is 4.79 Å². The largest absolute Gasteiger partial charge is 0.493 e. The normalized spacial score (nSPS) is 10.2. The fourth-order valence-corrected chi connectivity index (χ4v) is 3.63. The Balaban J connectivity index is 2.17. The molecule has 2 aromatic rings. The molecule has 31 heavy (non-hydrogen) atoms. The number of halogens is 1. The highest BCUT2D eigenvalue weighted by atomic mass is 79.9. The molecule has 2 aromatic carbocycles. The number of ether oxygens (including phenoxy) is 3. The summed E-state index contributed by atoms with van der Waals surface area (Å²) in [6.45, 7) is 5.89. The highest BCUT2D eigenvalue weighted by molar-refractivity contribution is 9.10. The second-order valence-corrected chi connectivity index (χ2v) is 7.65. The number of methoxy groups -OCH3 is 1. The molecule has 0 radical (unpaired) electrons. The van der Waals surface area contributed by atoms with Crippen molar-refractivity contribution in [3.05, 3.63) is 51.5 Å². The maximum absolute atomic E-state index is 12.8. The molecular weight excluding hydrogens is 464 g/mol. The Morgan fingerprint density at radius 1 is 1.13 bits per heavy atom. The first-order valence-corrected chi connectivity index (χ1v) is 10.5. The zero-order valence-electron chi connectivity index (χ0n) is 18.0. The average molecular weight is 489 g/mol. The lowest BCUT2D eigenvalue weighted by atomic mass is 10.1. The minimum absolute atomic E-state index is 0.162. The first kappa shape index (κ1) is 24.2. The van der Waals surface area contributed by atoms with Gasteiger partial charge in [-0.2, -0.15) is 5.26 Å². The first-order valence-electron chi connectivity index (χ1n) is 9.73. The molecule has 8 heteroatoms. The van der Waals surface area contributed by atoms with Gasteiger partial charge in [0.05, 0.1) is 36.2 Å². The molecule has 0 aliphatic heterocycles. The molecule has 0 unspecified atom stereocenters. The van der Waals surface area contributed by atoms with E-state index in [0.29, 0.717) is 28.3 Å². The molecule has 0 saturated carbocycles. The van der Waals surface area contributed by atoms with Crippen LogP contribution in [0.4, 0.5) is 5.69 Å². The number of rotatable bonds is 9. The van der Waals surface area contributed by atoms with Crippen LogP contribution in [0.2, 0.25) is 0 Å². The van der Waals surface area contributed by atoms with Gasteiger partial charge in [-0.1, -0.05) is 6.07 Å². The number of carbonyl (C=O) groups excluding carboxylic acids is 2. The predicted octanol–water partition coefficient (Wildman–Crippen LogP) is 4.58. The quantitative estimate of drug-likeness (QED) is 0.480. The van der Waals surface area contributed by atoms with Crippen molar-refractivity contribution in [2.24, 2.45) is 0 Å². The van der Waals surface area contributed by atoms with E-state index in [1.807, 2.05) is 45.0 Å². The number of aryl methyl sites for hydroxylation is 2. The first-order chi connectivity index (χ1) is 14.8. The highest BCUT2D eigenvalue weighted by Crippen LogP contribution is 2.36. The Morgan fingerprint density at radius 2 is 1.81 bits per heavy atom. The van der Waals surface area contributed by atoms with Crippen molar-refractivity contribution in [2.45, 2.75) is 27.2 Å². The minimum Gasteiger partial charge on any atom is -0.493 e. The van der Waals surface area contributed by atoms with Gasteiger partial charge in [0.1, 0.15) is 0 Å². The molecule has 1 amide bonds. The molecule has 0 saturated heterocycles. The summed E-state index contributed by atoms with van der Waals surface area (Å²) in [6.07, 6.45) is 0.162. The van der Waals surface area contributed by atoms with Crippen molar-refractivity contribution in [3.8, 4) is 17.6 Å². The zero-order chi connectivity index (χ0) is 23.0. The number of amides is 1. The number of benzene rings is 2. The third kappa shape index (κ3) is 6.46. The van der Waals surface area contributed by atoms with Gasteiger partial charge in [-0.25, -0.2) is 4.79 Å². The lowest BCUT2D eigenvalue weighted by Gasteiger charge is -2.22. The molecule has 0 aliphatic rings. The molecule has 0 spiro atoms. The number of nitrogens with zero attached hydrogens (tertiary/aromatic N) is 2. The summed E-state index contributed by atoms with van der Waals surface area (Å²) < 4.78 is 16.6. The van der Waals surface area contributed by atoms with E-state index in [2.05, 4.69) is 15.9 Å². The Morgan fingerprint density at radius 3 is 2.39 bits per heavy atom. The zero-order valence-corrected chi connectivity index (χ0v) is 19.6. The van der Waals surface area contributed by atoms with E-state index in [1.54, 1.807) is 6.07 Å². The van der Waals surface area contributed by atoms with Crippen LogP contribution in [-0.4, -0.2) is 38.7 Å². The van der Waals surface area contributed by atoms with Gasteiger partial charge in [0.2, 0.25) is 0 Å². The molecule has 0 aliphatic carbocycles. The van der Waals surface area contributed by atoms with E-state index in [-0.39, 0.29) is 18.5 Å². The Hall–Kier alpha value is -3.05. The monoisotopic (exact) mass is 488 g/mol. The third-order valence-corrected chi connectivity index (χ3v) is 4.94. The molecule has 0 aromatic heterocycles. The number of esters is 1. The summed E-state index contributed by atoms with van der Waals surface area (Å²) in [5.41, 5.74) is 2.87. The summed E-state index contributed by atoms with van der Waals surface area (Å²) in [6, 6.07) is 10.8. The van der Waals surface area contributed by atoms with Crippen LogP contribution in [0.25, 0.3) is 0 Å². The molecule has 7 nitrogen and oxygen atoms in total. The SMILES string of the molecule is CCOc1c(Br)cc(C(=O)OCC(=O)N(CCC#N)c2cc(C)cc(C)c2)cc1OC. The molecule has 0 heterocycles. The summed E-state index contributed by atoms with van der Waals surface area (Å²) in [4.78, 5) is 26.8. The number of anilines is 1. The lowest BCUT2D eigenvalue weighted by Crippen LogP contribution is -2.35. The van der Waals surface area contributed by atoms with Crippen LogP contribution in [0.1, 0.15) is 34.8 Å². The van der Waals surface area contributed by atoms with Gasteiger partial charge in [0.25, 0.3) is 5.91 Å².